The zero-order chi connectivity index (χ0) is 20.3. The second kappa shape index (κ2) is 17.8. The SMILES string of the molecule is CCCCCCCCCCCCCCCCCCN(C)C(=O)c1cc[c]cc1. The summed E-state index contributed by atoms with van der Waals surface area (Å²) in [5, 5.41) is 0. The van der Waals surface area contributed by atoms with Crippen molar-refractivity contribution in [3.8, 4) is 0 Å². The molecule has 0 aliphatic carbocycles. The van der Waals surface area contributed by atoms with Gasteiger partial charge in [-0.3, -0.25) is 4.79 Å². The summed E-state index contributed by atoms with van der Waals surface area (Å²) in [6.45, 7) is 3.14. The average molecular weight is 387 g/mol. The van der Waals surface area contributed by atoms with E-state index in [1.54, 1.807) is 12.1 Å². The first-order valence-corrected chi connectivity index (χ1v) is 12.0. The normalized spacial score (nSPS) is 10.9. The molecule has 1 amide bonds. The molecule has 0 saturated heterocycles. The van der Waals surface area contributed by atoms with Crippen molar-refractivity contribution in [2.75, 3.05) is 13.6 Å². The predicted molar refractivity (Wildman–Crippen MR) is 122 cm³/mol. The fourth-order valence-electron chi connectivity index (χ4n) is 3.75. The number of amides is 1. The van der Waals surface area contributed by atoms with Crippen LogP contribution in [0.2, 0.25) is 0 Å². The molecule has 0 aromatic heterocycles. The fourth-order valence-corrected chi connectivity index (χ4v) is 3.75. The summed E-state index contributed by atoms with van der Waals surface area (Å²) in [5.74, 6) is 0.120. The van der Waals surface area contributed by atoms with Crippen molar-refractivity contribution in [1.29, 1.82) is 0 Å². The summed E-state index contributed by atoms with van der Waals surface area (Å²) in [6, 6.07) is 10.2. The third kappa shape index (κ3) is 13.0. The van der Waals surface area contributed by atoms with Gasteiger partial charge in [0.05, 0.1) is 0 Å². The average Bonchev–Trinajstić information content (AvgIpc) is 2.73. The number of unbranched alkanes of at least 4 members (excludes halogenated alkanes) is 15. The van der Waals surface area contributed by atoms with E-state index in [1.165, 1.54) is 96.3 Å². The van der Waals surface area contributed by atoms with E-state index in [1.807, 2.05) is 24.1 Å². The van der Waals surface area contributed by atoms with E-state index in [-0.39, 0.29) is 5.91 Å². The van der Waals surface area contributed by atoms with Gasteiger partial charge in [-0.15, -0.1) is 0 Å². The van der Waals surface area contributed by atoms with Gasteiger partial charge in [0.25, 0.3) is 5.91 Å². The smallest absolute Gasteiger partial charge is 0.253 e. The van der Waals surface area contributed by atoms with E-state index in [0.29, 0.717) is 0 Å². The molecule has 1 aromatic rings. The van der Waals surface area contributed by atoms with Crippen LogP contribution in [0.15, 0.2) is 24.3 Å². The second-order valence-electron chi connectivity index (χ2n) is 8.32. The van der Waals surface area contributed by atoms with Gasteiger partial charge in [-0.25, -0.2) is 0 Å². The summed E-state index contributed by atoms with van der Waals surface area (Å²) in [4.78, 5) is 14.1. The van der Waals surface area contributed by atoms with E-state index in [9.17, 15) is 4.79 Å². The third-order valence-corrected chi connectivity index (χ3v) is 5.66. The number of carbonyl (C=O) groups excluding carboxylic acids is 1. The first-order chi connectivity index (χ1) is 13.8. The highest BCUT2D eigenvalue weighted by molar-refractivity contribution is 5.93. The standard InChI is InChI=1S/C26H44NO/c1-3-4-5-6-7-8-9-10-11-12-13-14-15-16-17-21-24-27(2)26(28)25-22-19-18-20-23-25/h19-20,22-23H,3-17,21,24H2,1-2H3. The van der Waals surface area contributed by atoms with Crippen LogP contribution >= 0.6 is 0 Å². The molecule has 0 aliphatic heterocycles. The van der Waals surface area contributed by atoms with Gasteiger partial charge in [-0.1, -0.05) is 115 Å². The molecule has 0 spiro atoms. The highest BCUT2D eigenvalue weighted by atomic mass is 16.2. The number of carbonyl (C=O) groups is 1. The van der Waals surface area contributed by atoms with E-state index < -0.39 is 0 Å². The van der Waals surface area contributed by atoms with Crippen LogP contribution < -0.4 is 0 Å². The summed E-state index contributed by atoms with van der Waals surface area (Å²) in [6.07, 6.45) is 22.1. The maximum absolute atomic E-state index is 12.2. The Bertz CT molecular complexity index is 471. The van der Waals surface area contributed by atoms with Crippen molar-refractivity contribution >= 4 is 5.91 Å². The zero-order valence-electron chi connectivity index (χ0n) is 18.7. The molecule has 0 heterocycles. The van der Waals surface area contributed by atoms with Crippen LogP contribution in [0.25, 0.3) is 0 Å². The Morgan fingerprint density at radius 1 is 0.714 bits per heavy atom. The molecule has 28 heavy (non-hydrogen) atoms. The maximum atomic E-state index is 12.2. The van der Waals surface area contributed by atoms with Gasteiger partial charge in [-0.2, -0.15) is 0 Å². The highest BCUT2D eigenvalue weighted by Gasteiger charge is 2.09. The monoisotopic (exact) mass is 386 g/mol. The van der Waals surface area contributed by atoms with Gasteiger partial charge in [0.15, 0.2) is 0 Å². The van der Waals surface area contributed by atoms with Crippen molar-refractivity contribution in [2.45, 2.75) is 110 Å². The molecule has 1 rings (SSSR count). The molecular formula is C26H44NO. The first-order valence-electron chi connectivity index (χ1n) is 12.0. The molecule has 2 heteroatoms. The van der Waals surface area contributed by atoms with E-state index in [0.717, 1.165) is 18.5 Å². The molecule has 0 N–H and O–H groups in total. The lowest BCUT2D eigenvalue weighted by Gasteiger charge is -2.17. The molecular weight excluding hydrogens is 342 g/mol. The lowest BCUT2D eigenvalue weighted by atomic mass is 10.0. The zero-order valence-corrected chi connectivity index (χ0v) is 18.7. The summed E-state index contributed by atoms with van der Waals surface area (Å²) >= 11 is 0. The van der Waals surface area contributed by atoms with E-state index >= 15 is 0 Å². The Kier molecular flexibility index (Phi) is 15.7. The van der Waals surface area contributed by atoms with Gasteiger partial charge in [0.1, 0.15) is 0 Å². The quantitative estimate of drug-likeness (QED) is 0.235. The molecule has 0 bridgehead atoms. The van der Waals surface area contributed by atoms with Gasteiger partial charge < -0.3 is 4.90 Å². The van der Waals surface area contributed by atoms with Gasteiger partial charge in [0, 0.05) is 19.2 Å². The molecule has 1 radical (unpaired) electrons. The topological polar surface area (TPSA) is 20.3 Å². The van der Waals surface area contributed by atoms with Gasteiger partial charge >= 0.3 is 0 Å². The largest absolute Gasteiger partial charge is 0.342 e. The van der Waals surface area contributed by atoms with Crippen molar-refractivity contribution in [2.24, 2.45) is 0 Å². The molecule has 0 aliphatic rings. The van der Waals surface area contributed by atoms with E-state index in [4.69, 9.17) is 0 Å². The second-order valence-corrected chi connectivity index (χ2v) is 8.32. The predicted octanol–water partition coefficient (Wildman–Crippen LogP) is 7.82. The van der Waals surface area contributed by atoms with Crippen molar-refractivity contribution < 1.29 is 4.79 Å². The first kappa shape index (κ1) is 24.7. The lowest BCUT2D eigenvalue weighted by molar-refractivity contribution is 0.0792. The van der Waals surface area contributed by atoms with Crippen LogP contribution in [0, 0.1) is 6.07 Å². The lowest BCUT2D eigenvalue weighted by Crippen LogP contribution is -2.27. The number of hydrogen-bond donors (Lipinski definition) is 0. The number of hydrogen-bond acceptors (Lipinski definition) is 1. The molecule has 159 valence electrons. The summed E-state index contributed by atoms with van der Waals surface area (Å²) in [5.41, 5.74) is 0.762. The van der Waals surface area contributed by atoms with Gasteiger partial charge in [-0.05, 0) is 24.6 Å². The van der Waals surface area contributed by atoms with Crippen molar-refractivity contribution in [1.82, 2.24) is 4.90 Å². The minimum Gasteiger partial charge on any atom is -0.342 e. The van der Waals surface area contributed by atoms with Crippen LogP contribution in [0.1, 0.15) is 120 Å². The van der Waals surface area contributed by atoms with Crippen LogP contribution in [0.5, 0.6) is 0 Å². The summed E-state index contributed by atoms with van der Waals surface area (Å²) < 4.78 is 0. The Labute approximate surface area is 175 Å². The maximum Gasteiger partial charge on any atom is 0.253 e. The van der Waals surface area contributed by atoms with Crippen LogP contribution in [0.4, 0.5) is 0 Å². The van der Waals surface area contributed by atoms with Crippen LogP contribution in [-0.4, -0.2) is 24.4 Å². The van der Waals surface area contributed by atoms with Crippen LogP contribution in [0.3, 0.4) is 0 Å². The number of rotatable bonds is 18. The van der Waals surface area contributed by atoms with Crippen molar-refractivity contribution in [3.05, 3.63) is 35.9 Å². The Hall–Kier alpha value is -1.31. The molecule has 0 fully saturated rings. The third-order valence-electron chi connectivity index (χ3n) is 5.66. The fraction of sp³-hybridized carbons (Fsp3) is 0.731. The summed E-state index contributed by atoms with van der Waals surface area (Å²) in [7, 11) is 1.91. The number of benzene rings is 1. The molecule has 1 aromatic carbocycles. The molecule has 0 atom stereocenters. The van der Waals surface area contributed by atoms with Gasteiger partial charge in [0.2, 0.25) is 0 Å². The van der Waals surface area contributed by atoms with Crippen molar-refractivity contribution in [3.63, 3.8) is 0 Å². The molecule has 0 unspecified atom stereocenters. The number of nitrogens with zero attached hydrogens (tertiary/aromatic N) is 1. The minimum atomic E-state index is 0.120. The van der Waals surface area contributed by atoms with E-state index in [2.05, 4.69) is 13.0 Å². The molecule has 0 saturated carbocycles. The highest BCUT2D eigenvalue weighted by Crippen LogP contribution is 2.14. The van der Waals surface area contributed by atoms with Crippen LogP contribution in [-0.2, 0) is 0 Å². The molecule has 2 nitrogen and oxygen atoms in total. The Morgan fingerprint density at radius 2 is 1.11 bits per heavy atom. The Balaban J connectivity index is 1.82. The Morgan fingerprint density at radius 3 is 1.54 bits per heavy atom. The minimum absolute atomic E-state index is 0.120.